The summed E-state index contributed by atoms with van der Waals surface area (Å²) in [5.74, 6) is 5.62. The summed E-state index contributed by atoms with van der Waals surface area (Å²) in [5.41, 5.74) is 2.24. The Kier molecular flexibility index (Phi) is 5.60. The van der Waals surface area contributed by atoms with E-state index in [0.717, 1.165) is 5.56 Å². The quantitative estimate of drug-likeness (QED) is 0.835. The van der Waals surface area contributed by atoms with Gasteiger partial charge in [0.15, 0.2) is 0 Å². The molecule has 0 aromatic heterocycles. The molecule has 1 amide bonds. The fourth-order valence-corrected chi connectivity index (χ4v) is 2.83. The van der Waals surface area contributed by atoms with E-state index < -0.39 is 6.10 Å². The van der Waals surface area contributed by atoms with E-state index in [4.69, 9.17) is 28.0 Å². The van der Waals surface area contributed by atoms with Crippen molar-refractivity contribution in [1.82, 2.24) is 5.32 Å². The molecule has 2 aromatic rings. The summed E-state index contributed by atoms with van der Waals surface area (Å²) in [7, 11) is 0. The van der Waals surface area contributed by atoms with Crippen LogP contribution in [0.25, 0.3) is 0 Å². The number of oxime groups is 1. The average Bonchev–Trinajstić information content (AvgIpc) is 3.09. The molecule has 1 aliphatic heterocycles. The van der Waals surface area contributed by atoms with Crippen molar-refractivity contribution >= 4 is 34.8 Å². The van der Waals surface area contributed by atoms with Crippen molar-refractivity contribution in [2.75, 3.05) is 6.54 Å². The van der Waals surface area contributed by atoms with Crippen LogP contribution in [0.5, 0.6) is 0 Å². The van der Waals surface area contributed by atoms with Crippen molar-refractivity contribution in [1.29, 1.82) is 0 Å². The van der Waals surface area contributed by atoms with E-state index in [0.29, 0.717) is 27.7 Å². The lowest BCUT2D eigenvalue weighted by molar-refractivity contribution is -0.130. The average molecular weight is 373 g/mol. The van der Waals surface area contributed by atoms with Gasteiger partial charge in [-0.05, 0) is 24.3 Å². The zero-order valence-electron chi connectivity index (χ0n) is 13.1. The van der Waals surface area contributed by atoms with Crippen LogP contribution in [0.3, 0.4) is 0 Å². The largest absolute Gasteiger partial charge is 0.382 e. The third kappa shape index (κ3) is 4.54. The lowest BCUT2D eigenvalue weighted by atomic mass is 10.0. The first kappa shape index (κ1) is 17.3. The van der Waals surface area contributed by atoms with Crippen LogP contribution < -0.4 is 5.32 Å². The van der Waals surface area contributed by atoms with Crippen LogP contribution >= 0.6 is 23.2 Å². The molecule has 1 aliphatic rings. The molecule has 0 radical (unpaired) electrons. The van der Waals surface area contributed by atoms with Crippen molar-refractivity contribution in [2.24, 2.45) is 5.16 Å². The molecule has 4 nitrogen and oxygen atoms in total. The number of carbonyl (C=O) groups excluding carboxylic acids is 1. The van der Waals surface area contributed by atoms with Crippen molar-refractivity contribution in [3.63, 3.8) is 0 Å². The molecule has 126 valence electrons. The van der Waals surface area contributed by atoms with Gasteiger partial charge in [-0.15, -0.1) is 0 Å². The van der Waals surface area contributed by atoms with Gasteiger partial charge in [0.25, 0.3) is 5.91 Å². The zero-order valence-corrected chi connectivity index (χ0v) is 14.6. The molecule has 3 rings (SSSR count). The first-order valence-electron chi connectivity index (χ1n) is 7.63. The van der Waals surface area contributed by atoms with Gasteiger partial charge in [0.1, 0.15) is 0 Å². The second-order valence-corrected chi connectivity index (χ2v) is 6.19. The number of rotatable bonds is 3. The van der Waals surface area contributed by atoms with Gasteiger partial charge in [0.2, 0.25) is 6.10 Å². The number of carbonyl (C=O) groups is 1. The Morgan fingerprint density at radius 2 is 2.04 bits per heavy atom. The van der Waals surface area contributed by atoms with Crippen LogP contribution in [0.1, 0.15) is 17.5 Å². The number of hydrogen-bond donors (Lipinski definition) is 1. The molecule has 0 saturated heterocycles. The first-order valence-corrected chi connectivity index (χ1v) is 8.39. The normalized spacial score (nSPS) is 15.6. The van der Waals surface area contributed by atoms with Crippen LogP contribution in [-0.2, 0) is 9.63 Å². The van der Waals surface area contributed by atoms with Crippen LogP contribution in [0.15, 0.2) is 53.7 Å². The second-order valence-electron chi connectivity index (χ2n) is 5.35. The van der Waals surface area contributed by atoms with Crippen molar-refractivity contribution < 1.29 is 9.63 Å². The molecule has 0 bridgehead atoms. The Bertz CT molecular complexity index is 870. The minimum Gasteiger partial charge on any atom is -0.382 e. The highest BCUT2D eigenvalue weighted by molar-refractivity contribution is 6.37. The second kappa shape index (κ2) is 8.06. The van der Waals surface area contributed by atoms with Gasteiger partial charge in [-0.2, -0.15) is 0 Å². The highest BCUT2D eigenvalue weighted by Crippen LogP contribution is 2.25. The monoisotopic (exact) mass is 372 g/mol. The number of benzene rings is 2. The summed E-state index contributed by atoms with van der Waals surface area (Å²) in [6.45, 7) is 0.241. The minimum absolute atomic E-state index is 0.241. The molecule has 0 fully saturated rings. The van der Waals surface area contributed by atoms with Crippen LogP contribution in [0.2, 0.25) is 10.0 Å². The predicted molar refractivity (Wildman–Crippen MR) is 98.8 cm³/mol. The van der Waals surface area contributed by atoms with Crippen LogP contribution in [0.4, 0.5) is 0 Å². The number of nitrogens with one attached hydrogen (secondary N) is 1. The number of halogens is 2. The van der Waals surface area contributed by atoms with Gasteiger partial charge in [0, 0.05) is 22.6 Å². The fourth-order valence-electron chi connectivity index (χ4n) is 2.31. The Hall–Kier alpha value is -2.48. The maximum atomic E-state index is 12.1. The summed E-state index contributed by atoms with van der Waals surface area (Å²) in [5, 5.41) is 7.71. The van der Waals surface area contributed by atoms with E-state index in [1.54, 1.807) is 18.2 Å². The highest BCUT2D eigenvalue weighted by Gasteiger charge is 2.29. The van der Waals surface area contributed by atoms with Gasteiger partial charge in [-0.1, -0.05) is 64.5 Å². The third-order valence-electron chi connectivity index (χ3n) is 3.56. The summed E-state index contributed by atoms with van der Waals surface area (Å²) < 4.78 is 0. The van der Waals surface area contributed by atoms with E-state index in [2.05, 4.69) is 22.3 Å². The van der Waals surface area contributed by atoms with Gasteiger partial charge in [0.05, 0.1) is 17.3 Å². The number of nitrogens with zero attached hydrogens (tertiary/aromatic N) is 1. The Labute approximate surface area is 155 Å². The molecule has 0 spiro atoms. The zero-order chi connectivity index (χ0) is 17.6. The molecule has 1 N–H and O–H groups in total. The summed E-state index contributed by atoms with van der Waals surface area (Å²) in [4.78, 5) is 17.4. The summed E-state index contributed by atoms with van der Waals surface area (Å²) in [6.07, 6.45) is -0.334. The highest BCUT2D eigenvalue weighted by atomic mass is 35.5. The van der Waals surface area contributed by atoms with Gasteiger partial charge >= 0.3 is 0 Å². The molecule has 0 saturated carbocycles. The number of hydrogen-bond acceptors (Lipinski definition) is 3. The SMILES string of the molecule is O=C(NCC#Cc1ccccc1)[C@H]1CC(c2ccc(Cl)cc2Cl)=NO1. The van der Waals surface area contributed by atoms with E-state index in [1.165, 1.54) is 0 Å². The minimum atomic E-state index is -0.680. The van der Waals surface area contributed by atoms with E-state index >= 15 is 0 Å². The van der Waals surface area contributed by atoms with Crippen molar-refractivity contribution in [3.8, 4) is 11.8 Å². The van der Waals surface area contributed by atoms with E-state index in [-0.39, 0.29) is 12.5 Å². The number of amides is 1. The van der Waals surface area contributed by atoms with Crippen molar-refractivity contribution in [2.45, 2.75) is 12.5 Å². The van der Waals surface area contributed by atoms with E-state index in [1.807, 2.05) is 30.3 Å². The van der Waals surface area contributed by atoms with Gasteiger partial charge in [-0.3, -0.25) is 4.79 Å². The van der Waals surface area contributed by atoms with Crippen LogP contribution in [0, 0.1) is 11.8 Å². The molecule has 25 heavy (non-hydrogen) atoms. The lowest BCUT2D eigenvalue weighted by Gasteiger charge is -2.07. The fraction of sp³-hybridized carbons (Fsp3) is 0.158. The molecule has 0 aliphatic carbocycles. The molecule has 1 atom stereocenters. The van der Waals surface area contributed by atoms with Gasteiger partial charge in [-0.25, -0.2) is 0 Å². The molecule has 6 heteroatoms. The standard InChI is InChI=1S/C19H14Cl2N2O2/c20-14-8-9-15(16(21)11-14)17-12-18(25-23-17)19(24)22-10-4-7-13-5-2-1-3-6-13/h1-3,5-6,8-9,11,18H,10,12H2,(H,22,24)/t18-/m1/s1. The predicted octanol–water partition coefficient (Wildman–Crippen LogP) is 3.65. The smallest absolute Gasteiger partial charge is 0.265 e. The topological polar surface area (TPSA) is 50.7 Å². The summed E-state index contributed by atoms with van der Waals surface area (Å²) in [6, 6.07) is 14.7. The van der Waals surface area contributed by atoms with Gasteiger partial charge < -0.3 is 10.2 Å². The summed E-state index contributed by atoms with van der Waals surface area (Å²) >= 11 is 12.0. The maximum Gasteiger partial charge on any atom is 0.265 e. The maximum absolute atomic E-state index is 12.1. The molecular weight excluding hydrogens is 359 g/mol. The first-order chi connectivity index (χ1) is 12.1. The Morgan fingerprint density at radius 1 is 1.24 bits per heavy atom. The van der Waals surface area contributed by atoms with Crippen LogP contribution in [-0.4, -0.2) is 24.3 Å². The molecule has 1 heterocycles. The van der Waals surface area contributed by atoms with E-state index in [9.17, 15) is 4.79 Å². The third-order valence-corrected chi connectivity index (χ3v) is 4.11. The molecule has 0 unspecified atom stereocenters. The van der Waals surface area contributed by atoms with Crippen molar-refractivity contribution in [3.05, 3.63) is 69.7 Å². The molecular formula is C19H14Cl2N2O2. The Morgan fingerprint density at radius 3 is 2.80 bits per heavy atom. The molecule has 2 aromatic carbocycles. The lowest BCUT2D eigenvalue weighted by Crippen LogP contribution is -2.35. The Balaban J connectivity index is 1.53.